The van der Waals surface area contributed by atoms with Crippen LogP contribution in [0, 0.1) is 0 Å². The lowest BCUT2D eigenvalue weighted by atomic mass is 9.72. The van der Waals surface area contributed by atoms with Crippen molar-refractivity contribution in [2.24, 2.45) is 0 Å². The molecule has 7 N–H and O–H groups in total. The van der Waals surface area contributed by atoms with E-state index in [1.54, 1.807) is 24.3 Å². The molecule has 0 spiro atoms. The van der Waals surface area contributed by atoms with E-state index in [9.17, 15) is 49.5 Å². The number of aromatic hydroxyl groups is 2. The molecule has 1 aliphatic heterocycles. The van der Waals surface area contributed by atoms with Crippen LogP contribution < -0.4 is 15.4 Å². The molecule has 3 aromatic carbocycles. The maximum Gasteiger partial charge on any atom is 0.407 e. The van der Waals surface area contributed by atoms with Crippen LogP contribution in [0.5, 0.6) is 17.2 Å². The van der Waals surface area contributed by atoms with Crippen molar-refractivity contribution in [3.63, 3.8) is 0 Å². The fourth-order valence-corrected chi connectivity index (χ4v) is 6.97. The Morgan fingerprint density at radius 1 is 1.04 bits per heavy atom. The van der Waals surface area contributed by atoms with Gasteiger partial charge in [-0.15, -0.1) is 0 Å². The highest BCUT2D eigenvalue weighted by Crippen LogP contribution is 2.52. The van der Waals surface area contributed by atoms with Gasteiger partial charge in [-0.3, -0.25) is 19.2 Å². The largest absolute Gasteiger partial charge is 0.507 e. The van der Waals surface area contributed by atoms with Gasteiger partial charge in [0, 0.05) is 41.6 Å². The number of fused-ring (bicyclic) bond motifs is 3. The fourth-order valence-electron chi connectivity index (χ4n) is 6.97. The van der Waals surface area contributed by atoms with Gasteiger partial charge in [0.25, 0.3) is 0 Å². The van der Waals surface area contributed by atoms with Crippen LogP contribution in [0.3, 0.4) is 0 Å². The van der Waals surface area contributed by atoms with E-state index in [1.807, 2.05) is 0 Å². The molecule has 0 saturated carbocycles. The summed E-state index contributed by atoms with van der Waals surface area (Å²) in [5, 5.41) is 60.4. The topological polar surface area (TPSA) is 247 Å². The molecule has 1 unspecified atom stereocenters. The monoisotopic (exact) mass is 720 g/mol. The Morgan fingerprint density at radius 3 is 2.42 bits per heavy atom. The summed E-state index contributed by atoms with van der Waals surface area (Å²) >= 11 is 0. The van der Waals surface area contributed by atoms with Crippen LogP contribution in [-0.2, 0) is 36.8 Å². The molecule has 16 nitrogen and oxygen atoms in total. The number of methoxy groups -OCH3 is 1. The lowest BCUT2D eigenvalue weighted by Crippen LogP contribution is -2.56. The highest BCUT2D eigenvalue weighted by molar-refractivity contribution is 6.31. The fraction of sp³-hybridized carbons (Fsp3) is 0.361. The van der Waals surface area contributed by atoms with E-state index in [2.05, 4.69) is 10.6 Å². The Kier molecular flexibility index (Phi) is 10.0. The zero-order valence-electron chi connectivity index (χ0n) is 28.0. The molecule has 1 fully saturated rings. The summed E-state index contributed by atoms with van der Waals surface area (Å²) in [6.07, 6.45) is -6.74. The van der Waals surface area contributed by atoms with Crippen molar-refractivity contribution >= 4 is 35.5 Å². The molecule has 0 aromatic heterocycles. The van der Waals surface area contributed by atoms with Gasteiger partial charge >= 0.3 is 6.09 Å². The quantitative estimate of drug-likeness (QED) is 0.0908. The average molecular weight is 721 g/mol. The van der Waals surface area contributed by atoms with Gasteiger partial charge in [-0.25, -0.2) is 4.79 Å². The number of carbonyl (C=O) groups is 5. The van der Waals surface area contributed by atoms with Gasteiger partial charge in [0.05, 0.1) is 42.0 Å². The van der Waals surface area contributed by atoms with Gasteiger partial charge in [0.15, 0.2) is 17.9 Å². The van der Waals surface area contributed by atoms with E-state index in [4.69, 9.17) is 18.9 Å². The van der Waals surface area contributed by atoms with Gasteiger partial charge in [-0.2, -0.15) is 0 Å². The molecule has 6 rings (SSSR count). The number of rotatable bonds is 10. The molecule has 3 aromatic rings. The number of hydrogen-bond donors (Lipinski definition) is 7. The Morgan fingerprint density at radius 2 is 1.75 bits per heavy atom. The zero-order valence-corrected chi connectivity index (χ0v) is 28.0. The van der Waals surface area contributed by atoms with Crippen molar-refractivity contribution in [2.75, 3.05) is 19.0 Å². The molecule has 52 heavy (non-hydrogen) atoms. The van der Waals surface area contributed by atoms with Gasteiger partial charge in [-0.1, -0.05) is 24.3 Å². The van der Waals surface area contributed by atoms with Crippen LogP contribution in [0.15, 0.2) is 42.5 Å². The van der Waals surface area contributed by atoms with Crippen LogP contribution in [-0.4, -0.2) is 99.2 Å². The second kappa shape index (κ2) is 14.3. The summed E-state index contributed by atoms with van der Waals surface area (Å²) in [6.45, 7) is 0.283. The molecule has 6 atom stereocenters. The van der Waals surface area contributed by atoms with Crippen LogP contribution in [0.4, 0.5) is 10.5 Å². The number of ether oxygens (including phenoxy) is 4. The first-order valence-electron chi connectivity index (χ1n) is 16.3. The Hall–Kier alpha value is -5.39. The third-order valence-electron chi connectivity index (χ3n) is 9.61. The molecule has 16 heteroatoms. The van der Waals surface area contributed by atoms with Gasteiger partial charge in [0.2, 0.25) is 12.2 Å². The molecule has 2 amide bonds. The van der Waals surface area contributed by atoms with Crippen LogP contribution in [0.1, 0.15) is 74.4 Å². The smallest absolute Gasteiger partial charge is 0.407 e. The van der Waals surface area contributed by atoms with E-state index in [-0.39, 0.29) is 41.0 Å². The van der Waals surface area contributed by atoms with Crippen LogP contribution in [0.25, 0.3) is 0 Å². The molecular formula is C36H36N2O14. The maximum absolute atomic E-state index is 13.9. The summed E-state index contributed by atoms with van der Waals surface area (Å²) in [5.41, 5.74) is -2.96. The highest BCUT2D eigenvalue weighted by Gasteiger charge is 2.50. The Bertz CT molecular complexity index is 1950. The first-order valence-corrected chi connectivity index (χ1v) is 16.3. The number of amides is 2. The Labute approximate surface area is 295 Å². The number of anilines is 1. The molecule has 0 bridgehead atoms. The number of aliphatic hydroxyl groups is 3. The van der Waals surface area contributed by atoms with E-state index < -0.39 is 102 Å². The number of alkyl carbamates (subject to hydrolysis) is 1. The number of ketones is 3. The summed E-state index contributed by atoms with van der Waals surface area (Å²) < 4.78 is 22.6. The number of phenols is 2. The Balaban J connectivity index is 1.29. The van der Waals surface area contributed by atoms with Crippen molar-refractivity contribution in [1.82, 2.24) is 5.32 Å². The van der Waals surface area contributed by atoms with E-state index in [0.29, 0.717) is 17.7 Å². The third-order valence-corrected chi connectivity index (χ3v) is 9.61. The number of nitrogens with one attached hydrogen (secondary N) is 2. The van der Waals surface area contributed by atoms with Crippen molar-refractivity contribution in [3.8, 4) is 17.2 Å². The predicted molar refractivity (Wildman–Crippen MR) is 177 cm³/mol. The number of benzene rings is 3. The van der Waals surface area contributed by atoms with E-state index in [0.717, 1.165) is 0 Å². The minimum atomic E-state index is -2.35. The summed E-state index contributed by atoms with van der Waals surface area (Å²) in [5.74, 6) is -4.13. The van der Waals surface area contributed by atoms with Gasteiger partial charge in [-0.05, 0) is 30.7 Å². The van der Waals surface area contributed by atoms with Crippen molar-refractivity contribution in [2.45, 2.75) is 69.0 Å². The maximum atomic E-state index is 13.9. The highest BCUT2D eigenvalue weighted by atomic mass is 16.7. The summed E-state index contributed by atoms with van der Waals surface area (Å²) in [4.78, 5) is 63.8. The van der Waals surface area contributed by atoms with Crippen LogP contribution in [0.2, 0.25) is 0 Å². The normalized spacial score (nSPS) is 24.9. The number of hydrogen-bond acceptors (Lipinski definition) is 14. The van der Waals surface area contributed by atoms with Crippen molar-refractivity contribution in [1.29, 1.82) is 0 Å². The zero-order chi connectivity index (χ0) is 37.5. The molecule has 3 aliphatic rings. The van der Waals surface area contributed by atoms with Crippen molar-refractivity contribution < 1.29 is 68.5 Å². The number of aliphatic hydroxyl groups excluding tert-OH is 2. The molecule has 274 valence electrons. The first kappa shape index (κ1) is 36.4. The third kappa shape index (κ3) is 6.46. The minimum absolute atomic E-state index is 0.0545. The second-order valence-electron chi connectivity index (χ2n) is 12.8. The summed E-state index contributed by atoms with van der Waals surface area (Å²) in [6, 6.07) is 9.80. The average Bonchev–Trinajstić information content (AvgIpc) is 3.13. The molecule has 0 radical (unpaired) electrons. The lowest BCUT2D eigenvalue weighted by Gasteiger charge is -2.42. The molecule has 2 aliphatic carbocycles. The van der Waals surface area contributed by atoms with Crippen molar-refractivity contribution in [3.05, 3.63) is 81.4 Å². The standard InChI is InChI=1S/C36H36N2O14/c1-16-30(42)21(38-35(47)50-14-17-6-8-18(9-7-17)37-15-40)10-25(51-16)52-23-12-36(48,24(41)13-39)11-20-27(23)34(46)29-28(32(20)44)31(43)19-4-3-5-22(49-2)26(19)33(29)45/h3-9,15-16,21,23,25,30,39,42,44,46,48H,10-14H2,1-2H3,(H,37,40)(H,38,47)/t16-,21-,23-,25?,30+,36-/m1/s1. The van der Waals surface area contributed by atoms with Gasteiger partial charge in [0.1, 0.15) is 42.2 Å². The minimum Gasteiger partial charge on any atom is -0.507 e. The van der Waals surface area contributed by atoms with Gasteiger partial charge < -0.3 is 55.1 Å². The SMILES string of the molecule is COc1cccc2c1C(=O)c1c(O)c3c(c(O)c1C2=O)C[C@](O)(C(=O)CO)C[C@H]3OC1C[C@@H](NC(=O)OCc2ccc(NC=O)cc2)[C@@H](O)[C@@H](C)O1. The molecular weight excluding hydrogens is 684 g/mol. The summed E-state index contributed by atoms with van der Waals surface area (Å²) in [7, 11) is 1.30. The lowest BCUT2D eigenvalue weighted by molar-refractivity contribution is -0.249. The number of Topliss-reactive ketones (excluding diaryl/α,β-unsaturated/α-hetero) is 1. The number of carbonyl (C=O) groups excluding carboxylic acids is 5. The second-order valence-corrected chi connectivity index (χ2v) is 12.8. The number of phenolic OH excluding ortho intramolecular Hbond substituents is 2. The van der Waals surface area contributed by atoms with E-state index in [1.165, 1.54) is 32.2 Å². The van der Waals surface area contributed by atoms with E-state index >= 15 is 0 Å². The molecule has 1 saturated heterocycles. The first-order chi connectivity index (χ1) is 24.8. The predicted octanol–water partition coefficient (Wildman–Crippen LogP) is 1.54. The molecule has 1 heterocycles. The van der Waals surface area contributed by atoms with Crippen LogP contribution >= 0.6 is 0 Å².